The van der Waals surface area contributed by atoms with Crippen LogP contribution in [0.15, 0.2) is 0 Å². The summed E-state index contributed by atoms with van der Waals surface area (Å²) in [5, 5.41) is 6.35. The van der Waals surface area contributed by atoms with Crippen LogP contribution in [0.5, 0.6) is 0 Å². The number of nitrogens with two attached hydrogens (primary N) is 1. The Morgan fingerprint density at radius 1 is 1.64 bits per heavy atom. The number of carboxylic acid groups (broad SMARTS) is 1. The molecule has 0 aromatic heterocycles. The zero-order chi connectivity index (χ0) is 9.07. The minimum Gasteiger partial charge on any atom is -0.479 e. The summed E-state index contributed by atoms with van der Waals surface area (Å²) in [5.41, 5.74) is 5.10. The Morgan fingerprint density at radius 3 is 2.18 bits per heavy atom. The van der Waals surface area contributed by atoms with Crippen LogP contribution < -0.4 is 5.73 Å². The summed E-state index contributed by atoms with van der Waals surface area (Å²) in [6.45, 7) is 1.67. The number of hydrogen-bond donors (Lipinski definition) is 2. The Bertz CT molecular complexity index is 217. The number of rotatable bonds is 4. The second kappa shape index (κ2) is 3.64. The summed E-state index contributed by atoms with van der Waals surface area (Å²) in [5.74, 6) is -1.49. The summed E-state index contributed by atoms with van der Waals surface area (Å²) in [7, 11) is -3.11. The Labute approximate surface area is 64.4 Å². The molecule has 0 aromatic carbocycles. The van der Waals surface area contributed by atoms with Crippen molar-refractivity contribution in [3.05, 3.63) is 0 Å². The lowest BCUT2D eigenvalue weighted by Gasteiger charge is -2.13. The molecule has 0 saturated heterocycles. The predicted molar refractivity (Wildman–Crippen MR) is 37.8 cm³/mol. The molecular weight excluding hydrogens is 169 g/mol. The highest BCUT2D eigenvalue weighted by Gasteiger charge is 2.39. The second-order valence-corrected chi connectivity index (χ2v) is 3.55. The molecule has 0 rings (SSSR count). The van der Waals surface area contributed by atoms with Gasteiger partial charge in [-0.3, -0.25) is 0 Å². The minimum atomic E-state index is -3.11. The third kappa shape index (κ3) is 2.13. The number of carboxylic acids is 1. The summed E-state index contributed by atoms with van der Waals surface area (Å²) < 4.78 is 20.8. The molecule has 1 atom stereocenters. The van der Waals surface area contributed by atoms with E-state index in [1.807, 2.05) is 0 Å². The zero-order valence-corrected chi connectivity index (χ0v) is 7.01. The Balaban J connectivity index is 4.66. The molecule has 0 aliphatic rings. The molecule has 3 N–H and O–H groups in total. The minimum absolute atomic E-state index is 0.0545. The largest absolute Gasteiger partial charge is 0.479 e. The molecule has 0 bridgehead atoms. The van der Waals surface area contributed by atoms with Crippen molar-refractivity contribution in [2.24, 2.45) is 5.73 Å². The van der Waals surface area contributed by atoms with Gasteiger partial charge in [-0.25, -0.2) is 13.9 Å². The lowest BCUT2D eigenvalue weighted by atomic mass is 10.2. The van der Waals surface area contributed by atoms with E-state index in [2.05, 4.69) is 0 Å². The number of carbonyl (C=O) groups is 1. The van der Waals surface area contributed by atoms with Crippen LogP contribution >= 0.6 is 7.68 Å². The average molecular weight is 179 g/mol. The molecular formula is C5H10NO4P. The average Bonchev–Trinajstić information content (AvgIpc) is 1.87. The van der Waals surface area contributed by atoms with Crippen molar-refractivity contribution in [3.8, 4) is 0 Å². The van der Waals surface area contributed by atoms with Gasteiger partial charge in [-0.2, -0.15) is 0 Å². The predicted octanol–water partition coefficient (Wildman–Crippen LogP) is 0.699. The molecule has 5 nitrogen and oxygen atoms in total. The summed E-state index contributed by atoms with van der Waals surface area (Å²) in [6.07, 6.45) is 0.368. The molecule has 1 unspecified atom stereocenters. The molecule has 0 aliphatic heterocycles. The third-order valence-electron chi connectivity index (χ3n) is 1.33. The normalized spacial score (nSPS) is 15.5. The fraction of sp³-hybridized carbons (Fsp3) is 0.800. The van der Waals surface area contributed by atoms with Gasteiger partial charge in [-0.05, 0) is 6.42 Å². The van der Waals surface area contributed by atoms with E-state index >= 15 is 0 Å². The maximum atomic E-state index is 10.4. The van der Waals surface area contributed by atoms with Crippen molar-refractivity contribution in [2.45, 2.75) is 25.0 Å². The molecule has 0 spiro atoms. The van der Waals surface area contributed by atoms with Gasteiger partial charge in [0, 0.05) is 0 Å². The standard InChI is InChI=1S/C5H10NO4P/c1-2-3-5(6,4(7)8)11(9)10/h2-3,6H2,1H3,(H,7,8). The lowest BCUT2D eigenvalue weighted by molar-refractivity contribution is -0.140. The van der Waals surface area contributed by atoms with Gasteiger partial charge in [0.25, 0.3) is 0 Å². The van der Waals surface area contributed by atoms with Crippen LogP contribution in [-0.2, 0) is 13.9 Å². The molecule has 64 valence electrons. The van der Waals surface area contributed by atoms with E-state index in [0.29, 0.717) is 6.42 Å². The molecule has 11 heavy (non-hydrogen) atoms. The van der Waals surface area contributed by atoms with Gasteiger partial charge in [0.05, 0.1) is 0 Å². The van der Waals surface area contributed by atoms with Crippen LogP contribution in [-0.4, -0.2) is 16.4 Å². The van der Waals surface area contributed by atoms with E-state index in [1.54, 1.807) is 6.92 Å². The van der Waals surface area contributed by atoms with E-state index in [4.69, 9.17) is 10.8 Å². The SMILES string of the molecule is CCCC(N)(C(=O)O)P(=O)=O. The maximum Gasteiger partial charge on any atom is 0.347 e. The van der Waals surface area contributed by atoms with Crippen molar-refractivity contribution in [1.82, 2.24) is 0 Å². The molecule has 0 amide bonds. The van der Waals surface area contributed by atoms with E-state index in [1.165, 1.54) is 0 Å². The van der Waals surface area contributed by atoms with E-state index in [0.717, 1.165) is 0 Å². The van der Waals surface area contributed by atoms with Gasteiger partial charge in [-0.1, -0.05) is 13.3 Å². The molecule has 0 aromatic rings. The highest BCUT2D eigenvalue weighted by atomic mass is 31.1. The van der Waals surface area contributed by atoms with Crippen LogP contribution in [0.1, 0.15) is 19.8 Å². The van der Waals surface area contributed by atoms with Gasteiger partial charge in [0.2, 0.25) is 5.28 Å². The van der Waals surface area contributed by atoms with E-state index in [9.17, 15) is 13.9 Å². The number of aliphatic carboxylic acids is 1. The number of hydrogen-bond acceptors (Lipinski definition) is 4. The molecule has 6 heteroatoms. The first-order valence-electron chi connectivity index (χ1n) is 3.12. The van der Waals surface area contributed by atoms with Crippen LogP contribution in [0, 0.1) is 0 Å². The smallest absolute Gasteiger partial charge is 0.347 e. The second-order valence-electron chi connectivity index (χ2n) is 2.24. The van der Waals surface area contributed by atoms with Crippen LogP contribution in [0.2, 0.25) is 0 Å². The first-order valence-corrected chi connectivity index (χ1v) is 4.29. The topological polar surface area (TPSA) is 97.5 Å². The Hall–Kier alpha value is -0.670. The fourth-order valence-corrected chi connectivity index (χ4v) is 1.22. The quantitative estimate of drug-likeness (QED) is 0.619. The van der Waals surface area contributed by atoms with Gasteiger partial charge in [0.15, 0.2) is 0 Å². The van der Waals surface area contributed by atoms with Crippen LogP contribution in [0.3, 0.4) is 0 Å². The van der Waals surface area contributed by atoms with E-state index < -0.39 is 18.9 Å². The Morgan fingerprint density at radius 2 is 2.09 bits per heavy atom. The summed E-state index contributed by atoms with van der Waals surface area (Å²) in [4.78, 5) is 10.3. The highest BCUT2D eigenvalue weighted by molar-refractivity contribution is 7.34. The van der Waals surface area contributed by atoms with Gasteiger partial charge < -0.3 is 10.8 Å². The van der Waals surface area contributed by atoms with Gasteiger partial charge in [0.1, 0.15) is 0 Å². The van der Waals surface area contributed by atoms with E-state index in [-0.39, 0.29) is 6.42 Å². The van der Waals surface area contributed by atoms with Crippen molar-refractivity contribution < 1.29 is 19.0 Å². The van der Waals surface area contributed by atoms with Gasteiger partial charge >= 0.3 is 13.6 Å². The molecule has 0 fully saturated rings. The van der Waals surface area contributed by atoms with Crippen LogP contribution in [0.25, 0.3) is 0 Å². The zero-order valence-electron chi connectivity index (χ0n) is 6.11. The Kier molecular flexibility index (Phi) is 3.42. The first-order chi connectivity index (χ1) is 4.95. The summed E-state index contributed by atoms with van der Waals surface area (Å²) in [6, 6.07) is 0. The summed E-state index contributed by atoms with van der Waals surface area (Å²) >= 11 is 0. The van der Waals surface area contributed by atoms with Crippen molar-refractivity contribution in [3.63, 3.8) is 0 Å². The molecule has 0 aliphatic carbocycles. The molecule has 0 heterocycles. The highest BCUT2D eigenvalue weighted by Crippen LogP contribution is 2.28. The fourth-order valence-electron chi connectivity index (χ4n) is 0.657. The van der Waals surface area contributed by atoms with Crippen molar-refractivity contribution in [2.75, 3.05) is 0 Å². The lowest BCUT2D eigenvalue weighted by Crippen LogP contribution is -2.42. The monoisotopic (exact) mass is 179 g/mol. The van der Waals surface area contributed by atoms with Crippen LogP contribution in [0.4, 0.5) is 0 Å². The van der Waals surface area contributed by atoms with Crippen molar-refractivity contribution >= 4 is 13.6 Å². The van der Waals surface area contributed by atoms with Crippen molar-refractivity contribution in [1.29, 1.82) is 0 Å². The molecule has 0 saturated carbocycles. The molecule has 0 radical (unpaired) electrons. The maximum absolute atomic E-state index is 10.4. The third-order valence-corrected chi connectivity index (χ3v) is 2.39. The first kappa shape index (κ1) is 10.3. The van der Waals surface area contributed by atoms with Gasteiger partial charge in [-0.15, -0.1) is 0 Å².